The van der Waals surface area contributed by atoms with Gasteiger partial charge in [0.15, 0.2) is 5.82 Å². The van der Waals surface area contributed by atoms with Crippen molar-refractivity contribution < 1.29 is 17.9 Å². The summed E-state index contributed by atoms with van der Waals surface area (Å²) in [4.78, 5) is 4.39. The second kappa shape index (κ2) is 10.1. The van der Waals surface area contributed by atoms with Crippen LogP contribution in [0.1, 0.15) is 75.7 Å². The number of H-pyrrole nitrogens is 1. The fourth-order valence-corrected chi connectivity index (χ4v) is 3.56. The predicted molar refractivity (Wildman–Crippen MR) is 106 cm³/mol. The molecule has 5 nitrogen and oxygen atoms in total. The van der Waals surface area contributed by atoms with Crippen LogP contribution in [0.15, 0.2) is 18.2 Å². The second-order valence-electron chi connectivity index (χ2n) is 7.52. The van der Waals surface area contributed by atoms with E-state index in [1.54, 1.807) is 6.07 Å². The molecular weight excluding hydrogens is 381 g/mol. The number of halogens is 3. The molecule has 1 aromatic carbocycles. The fourth-order valence-electron chi connectivity index (χ4n) is 3.56. The van der Waals surface area contributed by atoms with Gasteiger partial charge < -0.3 is 10.1 Å². The SMILES string of the molecule is CCCCCCCCOc1ccc(-c2n[nH]c(C3CCCN3)n2)cc1C(F)(F)F. The summed E-state index contributed by atoms with van der Waals surface area (Å²) >= 11 is 0. The maximum absolute atomic E-state index is 13.6. The quantitative estimate of drug-likeness (QED) is 0.497. The van der Waals surface area contributed by atoms with Crippen molar-refractivity contribution in [3.8, 4) is 17.1 Å². The number of hydrogen-bond donors (Lipinski definition) is 2. The van der Waals surface area contributed by atoms with Crippen LogP contribution >= 0.6 is 0 Å². The van der Waals surface area contributed by atoms with Crippen molar-refractivity contribution in [1.29, 1.82) is 0 Å². The highest BCUT2D eigenvalue weighted by molar-refractivity contribution is 5.59. The number of ether oxygens (including phenoxy) is 1. The van der Waals surface area contributed by atoms with E-state index in [2.05, 4.69) is 27.4 Å². The maximum Gasteiger partial charge on any atom is 0.419 e. The molecule has 0 aliphatic carbocycles. The zero-order valence-corrected chi connectivity index (χ0v) is 16.8. The number of benzene rings is 1. The maximum atomic E-state index is 13.6. The molecule has 2 aromatic rings. The van der Waals surface area contributed by atoms with E-state index in [1.165, 1.54) is 18.9 Å². The van der Waals surface area contributed by atoms with Gasteiger partial charge >= 0.3 is 6.18 Å². The first-order chi connectivity index (χ1) is 14.0. The molecule has 160 valence electrons. The van der Waals surface area contributed by atoms with Gasteiger partial charge in [-0.3, -0.25) is 5.10 Å². The monoisotopic (exact) mass is 410 g/mol. The largest absolute Gasteiger partial charge is 0.493 e. The lowest BCUT2D eigenvalue weighted by Gasteiger charge is -2.15. The lowest BCUT2D eigenvalue weighted by atomic mass is 10.1. The van der Waals surface area contributed by atoms with Crippen LogP contribution in [0.5, 0.6) is 5.75 Å². The fraction of sp³-hybridized carbons (Fsp3) is 0.619. The van der Waals surface area contributed by atoms with Crippen LogP contribution in [0.3, 0.4) is 0 Å². The third-order valence-corrected chi connectivity index (χ3v) is 5.19. The number of alkyl halides is 3. The topological polar surface area (TPSA) is 62.8 Å². The summed E-state index contributed by atoms with van der Waals surface area (Å²) in [6.45, 7) is 3.34. The van der Waals surface area contributed by atoms with Gasteiger partial charge in [0.1, 0.15) is 11.6 Å². The molecule has 8 heteroatoms. The minimum atomic E-state index is -4.50. The standard InChI is InChI=1S/C21H29F3N4O/c1-2-3-4-5-6-7-13-29-18-11-10-15(14-16(18)21(22,23)24)19-26-20(28-27-19)17-9-8-12-25-17/h10-11,14,17,25H,2-9,12-13H2,1H3,(H,26,27,28). The number of hydrogen-bond acceptors (Lipinski definition) is 4. The Hall–Kier alpha value is -2.09. The Morgan fingerprint density at radius 3 is 2.66 bits per heavy atom. The molecular formula is C21H29F3N4O. The van der Waals surface area contributed by atoms with E-state index in [9.17, 15) is 13.2 Å². The molecule has 1 aliphatic heterocycles. The summed E-state index contributed by atoms with van der Waals surface area (Å²) in [6, 6.07) is 4.12. The van der Waals surface area contributed by atoms with E-state index in [0.717, 1.165) is 51.1 Å². The van der Waals surface area contributed by atoms with Gasteiger partial charge in [-0.05, 0) is 44.0 Å². The molecule has 0 saturated carbocycles. The first-order valence-corrected chi connectivity index (χ1v) is 10.5. The number of aromatic amines is 1. The molecule has 1 aliphatic rings. The zero-order valence-electron chi connectivity index (χ0n) is 16.8. The van der Waals surface area contributed by atoms with Gasteiger partial charge in [-0.2, -0.15) is 18.3 Å². The van der Waals surface area contributed by atoms with Gasteiger partial charge in [-0.25, -0.2) is 4.98 Å². The van der Waals surface area contributed by atoms with Crippen molar-refractivity contribution in [2.75, 3.05) is 13.2 Å². The van der Waals surface area contributed by atoms with Crippen LogP contribution in [-0.4, -0.2) is 28.3 Å². The van der Waals surface area contributed by atoms with E-state index >= 15 is 0 Å². The molecule has 29 heavy (non-hydrogen) atoms. The molecule has 1 aromatic heterocycles. The molecule has 0 bridgehead atoms. The van der Waals surface area contributed by atoms with Crippen molar-refractivity contribution in [3.63, 3.8) is 0 Å². The van der Waals surface area contributed by atoms with E-state index in [4.69, 9.17) is 4.74 Å². The summed E-state index contributed by atoms with van der Waals surface area (Å²) in [5, 5.41) is 10.2. The molecule has 0 radical (unpaired) electrons. The summed E-state index contributed by atoms with van der Waals surface area (Å²) in [5.74, 6) is 0.791. The third kappa shape index (κ3) is 5.95. The highest BCUT2D eigenvalue weighted by Crippen LogP contribution is 2.38. The smallest absolute Gasteiger partial charge is 0.419 e. The highest BCUT2D eigenvalue weighted by Gasteiger charge is 2.35. The Morgan fingerprint density at radius 1 is 1.14 bits per heavy atom. The van der Waals surface area contributed by atoms with Gasteiger partial charge in [0.25, 0.3) is 0 Å². The van der Waals surface area contributed by atoms with Crippen LogP contribution in [0.2, 0.25) is 0 Å². The Kier molecular flexibility index (Phi) is 7.52. The Labute approximate surface area is 169 Å². The van der Waals surface area contributed by atoms with E-state index in [0.29, 0.717) is 11.4 Å². The lowest BCUT2D eigenvalue weighted by Crippen LogP contribution is -2.14. The lowest BCUT2D eigenvalue weighted by molar-refractivity contribution is -0.138. The normalized spacial score (nSPS) is 17.0. The van der Waals surface area contributed by atoms with Gasteiger partial charge in [-0.15, -0.1) is 0 Å². The van der Waals surface area contributed by atoms with Crippen molar-refractivity contribution in [1.82, 2.24) is 20.5 Å². The number of aromatic nitrogens is 3. The molecule has 1 saturated heterocycles. The summed E-state index contributed by atoms with van der Waals surface area (Å²) < 4.78 is 46.2. The number of rotatable bonds is 10. The summed E-state index contributed by atoms with van der Waals surface area (Å²) in [5.41, 5.74) is -0.462. The van der Waals surface area contributed by atoms with Crippen LogP contribution in [0.4, 0.5) is 13.2 Å². The van der Waals surface area contributed by atoms with E-state index < -0.39 is 11.7 Å². The van der Waals surface area contributed by atoms with E-state index in [-0.39, 0.29) is 24.2 Å². The van der Waals surface area contributed by atoms with Gasteiger partial charge in [0, 0.05) is 5.56 Å². The van der Waals surface area contributed by atoms with Crippen molar-refractivity contribution in [3.05, 3.63) is 29.6 Å². The molecule has 1 unspecified atom stereocenters. The molecule has 2 N–H and O–H groups in total. The van der Waals surface area contributed by atoms with Gasteiger partial charge in [0.05, 0.1) is 18.2 Å². The Morgan fingerprint density at radius 2 is 1.93 bits per heavy atom. The first-order valence-electron chi connectivity index (χ1n) is 10.5. The third-order valence-electron chi connectivity index (χ3n) is 5.19. The summed E-state index contributed by atoms with van der Waals surface area (Å²) in [6.07, 6.45) is 3.81. The minimum Gasteiger partial charge on any atom is -0.493 e. The van der Waals surface area contributed by atoms with Crippen molar-refractivity contribution in [2.24, 2.45) is 0 Å². The molecule has 2 heterocycles. The number of unbranched alkanes of at least 4 members (excludes halogenated alkanes) is 5. The molecule has 1 fully saturated rings. The number of nitrogens with one attached hydrogen (secondary N) is 2. The zero-order chi connectivity index (χ0) is 20.7. The average Bonchev–Trinajstić information content (AvgIpc) is 3.38. The van der Waals surface area contributed by atoms with E-state index in [1.807, 2.05) is 0 Å². The second-order valence-corrected chi connectivity index (χ2v) is 7.52. The molecule has 0 amide bonds. The van der Waals surface area contributed by atoms with Crippen molar-refractivity contribution >= 4 is 0 Å². The Bertz CT molecular complexity index is 770. The highest BCUT2D eigenvalue weighted by atomic mass is 19.4. The van der Waals surface area contributed by atoms with Gasteiger partial charge in [-0.1, -0.05) is 39.0 Å². The Balaban J connectivity index is 1.66. The van der Waals surface area contributed by atoms with Crippen LogP contribution in [-0.2, 0) is 6.18 Å². The first kappa shape index (κ1) is 21.6. The van der Waals surface area contributed by atoms with Gasteiger partial charge in [0.2, 0.25) is 0 Å². The molecule has 3 rings (SSSR count). The number of nitrogens with zero attached hydrogens (tertiary/aromatic N) is 2. The minimum absolute atomic E-state index is 0.0817. The predicted octanol–water partition coefficient (Wildman–Crippen LogP) is 5.65. The van der Waals surface area contributed by atoms with Crippen molar-refractivity contribution in [2.45, 2.75) is 70.5 Å². The molecule has 0 spiro atoms. The average molecular weight is 410 g/mol. The molecule has 1 atom stereocenters. The summed E-state index contributed by atoms with van der Waals surface area (Å²) in [7, 11) is 0. The van der Waals surface area contributed by atoms with Crippen LogP contribution in [0.25, 0.3) is 11.4 Å². The van der Waals surface area contributed by atoms with Crippen LogP contribution < -0.4 is 10.1 Å². The van der Waals surface area contributed by atoms with Crippen LogP contribution in [0, 0.1) is 0 Å².